The predicted octanol–water partition coefficient (Wildman–Crippen LogP) is 5.11. The van der Waals surface area contributed by atoms with Gasteiger partial charge in [-0.15, -0.1) is 11.3 Å². The third kappa shape index (κ3) is 5.37. The second kappa shape index (κ2) is 9.58. The van der Waals surface area contributed by atoms with Crippen LogP contribution in [-0.2, 0) is 21.1 Å². The van der Waals surface area contributed by atoms with Gasteiger partial charge in [0.1, 0.15) is 0 Å². The summed E-state index contributed by atoms with van der Waals surface area (Å²) in [5, 5.41) is 5.15. The molecule has 158 valence electrons. The third-order valence-corrected chi connectivity index (χ3v) is 7.78. The Kier molecular flexibility index (Phi) is 7.10. The van der Waals surface area contributed by atoms with Gasteiger partial charge >= 0.3 is 0 Å². The summed E-state index contributed by atoms with van der Waals surface area (Å²) in [5.74, 6) is 0.408. The van der Waals surface area contributed by atoms with Crippen LogP contribution < -0.4 is 5.32 Å². The van der Waals surface area contributed by atoms with E-state index < -0.39 is 9.84 Å². The zero-order chi connectivity index (χ0) is 21.7. The summed E-state index contributed by atoms with van der Waals surface area (Å²) in [6.07, 6.45) is 0.193. The summed E-state index contributed by atoms with van der Waals surface area (Å²) < 4.78 is 23.9. The van der Waals surface area contributed by atoms with Gasteiger partial charge in [-0.3, -0.25) is 4.79 Å². The fraction of sp³-hybridized carbons (Fsp3) is 0.292. The molecule has 6 heteroatoms. The van der Waals surface area contributed by atoms with E-state index in [4.69, 9.17) is 0 Å². The topological polar surface area (TPSA) is 63.2 Å². The summed E-state index contributed by atoms with van der Waals surface area (Å²) in [7, 11) is -3.24. The van der Waals surface area contributed by atoms with Gasteiger partial charge in [0.15, 0.2) is 9.84 Å². The van der Waals surface area contributed by atoms with Gasteiger partial charge in [0.25, 0.3) is 0 Å². The highest BCUT2D eigenvalue weighted by Crippen LogP contribution is 2.27. The van der Waals surface area contributed by atoms with E-state index in [0.717, 1.165) is 16.0 Å². The Hall–Kier alpha value is -2.44. The number of nitrogens with one attached hydrogen (secondary N) is 1. The molecule has 2 aromatic carbocycles. The van der Waals surface area contributed by atoms with E-state index in [1.54, 1.807) is 42.5 Å². The Bertz CT molecular complexity index is 1070. The molecule has 0 saturated heterocycles. The minimum absolute atomic E-state index is 0.0604. The lowest BCUT2D eigenvalue weighted by Gasteiger charge is -2.19. The number of rotatable bonds is 8. The first-order valence-corrected chi connectivity index (χ1v) is 12.6. The molecule has 0 radical (unpaired) electrons. The molecule has 0 aliphatic carbocycles. The average Bonchev–Trinajstić information content (AvgIpc) is 3.27. The molecule has 1 heterocycles. The van der Waals surface area contributed by atoms with Gasteiger partial charge in [-0.1, -0.05) is 63.2 Å². The monoisotopic (exact) mass is 441 g/mol. The lowest BCUT2D eigenvalue weighted by atomic mass is 9.98. The van der Waals surface area contributed by atoms with Gasteiger partial charge in [0.2, 0.25) is 5.91 Å². The van der Waals surface area contributed by atoms with Crippen molar-refractivity contribution in [2.45, 2.75) is 44.0 Å². The standard InChI is InChI=1S/C24H27NO3S2/c1-4-30(27,28)21-13-7-18(8-14-21)16-23(26)25-24(22-6-5-15-29-22)20-11-9-19(10-12-20)17(2)3/h5-15,17,24H,4,16H2,1-3H3,(H,25,26). The summed E-state index contributed by atoms with van der Waals surface area (Å²) in [5.41, 5.74) is 3.08. The number of carbonyl (C=O) groups is 1. The van der Waals surface area contributed by atoms with Crippen molar-refractivity contribution in [2.24, 2.45) is 0 Å². The van der Waals surface area contributed by atoms with E-state index in [1.165, 1.54) is 5.56 Å². The van der Waals surface area contributed by atoms with Crippen LogP contribution >= 0.6 is 11.3 Å². The van der Waals surface area contributed by atoms with Crippen molar-refractivity contribution in [3.05, 3.63) is 87.6 Å². The van der Waals surface area contributed by atoms with Crippen LogP contribution in [0.3, 0.4) is 0 Å². The fourth-order valence-electron chi connectivity index (χ4n) is 3.23. The minimum atomic E-state index is -3.24. The molecule has 0 saturated carbocycles. The Labute approximate surface area is 182 Å². The van der Waals surface area contributed by atoms with E-state index in [9.17, 15) is 13.2 Å². The van der Waals surface area contributed by atoms with Gasteiger partial charge in [0.05, 0.1) is 23.1 Å². The van der Waals surface area contributed by atoms with Crippen molar-refractivity contribution in [1.29, 1.82) is 0 Å². The van der Waals surface area contributed by atoms with Gasteiger partial charge in [-0.25, -0.2) is 8.42 Å². The molecule has 1 N–H and O–H groups in total. The van der Waals surface area contributed by atoms with Gasteiger partial charge in [0, 0.05) is 4.88 Å². The highest BCUT2D eigenvalue weighted by atomic mass is 32.2. The zero-order valence-electron chi connectivity index (χ0n) is 17.5. The van der Waals surface area contributed by atoms with Crippen molar-refractivity contribution in [3.63, 3.8) is 0 Å². The summed E-state index contributed by atoms with van der Waals surface area (Å²) >= 11 is 1.61. The Balaban J connectivity index is 1.76. The second-order valence-electron chi connectivity index (χ2n) is 7.56. The second-order valence-corrected chi connectivity index (χ2v) is 10.8. The fourth-order valence-corrected chi connectivity index (χ4v) is 4.91. The molecule has 1 amide bonds. The van der Waals surface area contributed by atoms with Crippen molar-refractivity contribution < 1.29 is 13.2 Å². The molecule has 3 rings (SSSR count). The van der Waals surface area contributed by atoms with E-state index in [1.807, 2.05) is 17.5 Å². The first-order valence-electron chi connectivity index (χ1n) is 10.0. The number of thiophene rings is 1. The highest BCUT2D eigenvalue weighted by Gasteiger charge is 2.19. The first-order chi connectivity index (χ1) is 14.3. The van der Waals surface area contributed by atoms with Crippen molar-refractivity contribution in [3.8, 4) is 0 Å². The van der Waals surface area contributed by atoms with Crippen molar-refractivity contribution in [1.82, 2.24) is 5.32 Å². The van der Waals surface area contributed by atoms with Crippen molar-refractivity contribution in [2.75, 3.05) is 5.75 Å². The van der Waals surface area contributed by atoms with E-state index in [0.29, 0.717) is 5.92 Å². The van der Waals surface area contributed by atoms with Crippen LogP contribution in [0, 0.1) is 0 Å². The normalized spacial score (nSPS) is 12.7. The Morgan fingerprint density at radius 2 is 1.60 bits per heavy atom. The van der Waals surface area contributed by atoms with Crippen molar-refractivity contribution >= 4 is 27.1 Å². The molecule has 30 heavy (non-hydrogen) atoms. The number of hydrogen-bond donors (Lipinski definition) is 1. The molecule has 3 aromatic rings. The largest absolute Gasteiger partial charge is 0.344 e. The Morgan fingerprint density at radius 3 is 2.13 bits per heavy atom. The van der Waals surface area contributed by atoms with E-state index in [-0.39, 0.29) is 29.0 Å². The number of amides is 1. The number of sulfone groups is 1. The van der Waals surface area contributed by atoms with Crippen LogP contribution in [-0.4, -0.2) is 20.1 Å². The maximum atomic E-state index is 12.8. The first kappa shape index (κ1) is 22.2. The van der Waals surface area contributed by atoms with Crippen LogP contribution in [0.2, 0.25) is 0 Å². The molecule has 0 aliphatic heterocycles. The molecule has 1 aromatic heterocycles. The molecule has 4 nitrogen and oxygen atoms in total. The molecular formula is C24H27NO3S2. The minimum Gasteiger partial charge on any atom is -0.344 e. The van der Waals surface area contributed by atoms with E-state index >= 15 is 0 Å². The average molecular weight is 442 g/mol. The van der Waals surface area contributed by atoms with Crippen LogP contribution in [0.4, 0.5) is 0 Å². The summed E-state index contributed by atoms with van der Waals surface area (Å²) in [6.45, 7) is 5.93. The highest BCUT2D eigenvalue weighted by molar-refractivity contribution is 7.91. The molecule has 0 aliphatic rings. The zero-order valence-corrected chi connectivity index (χ0v) is 19.1. The quantitative estimate of drug-likeness (QED) is 0.528. The van der Waals surface area contributed by atoms with Gasteiger partial charge in [-0.05, 0) is 46.2 Å². The molecule has 0 fully saturated rings. The Morgan fingerprint density at radius 1 is 0.967 bits per heavy atom. The van der Waals surface area contributed by atoms with Crippen LogP contribution in [0.5, 0.6) is 0 Å². The number of hydrogen-bond acceptors (Lipinski definition) is 4. The third-order valence-electron chi connectivity index (χ3n) is 5.10. The van der Waals surface area contributed by atoms with E-state index in [2.05, 4.69) is 43.4 Å². The van der Waals surface area contributed by atoms with Crippen LogP contribution in [0.15, 0.2) is 70.9 Å². The summed E-state index contributed by atoms with van der Waals surface area (Å²) in [6, 6.07) is 18.7. The molecule has 1 unspecified atom stereocenters. The summed E-state index contributed by atoms with van der Waals surface area (Å²) in [4.78, 5) is 14.1. The number of carbonyl (C=O) groups excluding carboxylic acids is 1. The smallest absolute Gasteiger partial charge is 0.225 e. The number of benzene rings is 2. The maximum Gasteiger partial charge on any atom is 0.225 e. The lowest BCUT2D eigenvalue weighted by molar-refractivity contribution is -0.120. The molecule has 0 bridgehead atoms. The SMILES string of the molecule is CCS(=O)(=O)c1ccc(CC(=O)NC(c2ccc(C(C)C)cc2)c2cccs2)cc1. The molecule has 0 spiro atoms. The molecule has 1 atom stereocenters. The van der Waals surface area contributed by atoms with Crippen LogP contribution in [0.25, 0.3) is 0 Å². The maximum absolute atomic E-state index is 12.8. The van der Waals surface area contributed by atoms with Gasteiger partial charge < -0.3 is 5.32 Å². The predicted molar refractivity (Wildman–Crippen MR) is 123 cm³/mol. The lowest BCUT2D eigenvalue weighted by Crippen LogP contribution is -2.30. The molecular weight excluding hydrogens is 414 g/mol. The van der Waals surface area contributed by atoms with Crippen LogP contribution in [0.1, 0.15) is 54.3 Å². The van der Waals surface area contributed by atoms with Gasteiger partial charge in [-0.2, -0.15) is 0 Å².